The van der Waals surface area contributed by atoms with E-state index in [-0.39, 0.29) is 18.0 Å². The minimum atomic E-state index is -4.51. The van der Waals surface area contributed by atoms with Crippen molar-refractivity contribution in [2.45, 2.75) is 11.1 Å². The van der Waals surface area contributed by atoms with E-state index in [2.05, 4.69) is 4.98 Å². The van der Waals surface area contributed by atoms with Crippen LogP contribution in [0.2, 0.25) is 0 Å². The van der Waals surface area contributed by atoms with Gasteiger partial charge in [-0.1, -0.05) is 23.5 Å². The number of aromatic nitrogens is 1. The summed E-state index contributed by atoms with van der Waals surface area (Å²) in [5, 5.41) is 0.478. The van der Waals surface area contributed by atoms with Crippen molar-refractivity contribution in [1.29, 1.82) is 0 Å². The number of benzene rings is 2. The first-order chi connectivity index (χ1) is 13.7. The van der Waals surface area contributed by atoms with E-state index >= 15 is 0 Å². The number of rotatable bonds is 6. The van der Waals surface area contributed by atoms with Crippen molar-refractivity contribution < 1.29 is 18.0 Å². The van der Waals surface area contributed by atoms with Crippen molar-refractivity contribution in [3.63, 3.8) is 0 Å². The zero-order chi connectivity index (χ0) is 21.2. The fraction of sp³-hybridized carbons (Fsp3) is 0.300. The van der Waals surface area contributed by atoms with Gasteiger partial charge in [0.25, 0.3) is 5.91 Å². The van der Waals surface area contributed by atoms with Gasteiger partial charge in [0, 0.05) is 23.5 Å². The molecule has 0 bridgehead atoms. The number of hydrogen-bond donors (Lipinski definition) is 0. The summed E-state index contributed by atoms with van der Waals surface area (Å²) in [7, 11) is 3.74. The van der Waals surface area contributed by atoms with Gasteiger partial charge in [-0.3, -0.25) is 9.69 Å². The molecule has 1 aromatic heterocycles. The second-order valence-electron chi connectivity index (χ2n) is 6.64. The monoisotopic (exact) mass is 475 g/mol. The van der Waals surface area contributed by atoms with E-state index in [0.717, 1.165) is 27.2 Å². The second kappa shape index (κ2) is 10.00. The number of likely N-dealkylation sites (N-methyl/N-ethyl adjacent to an activating group) is 1. The summed E-state index contributed by atoms with van der Waals surface area (Å²) >= 11 is 2.92. The number of hydrogen-bond acceptors (Lipinski definition) is 5. The van der Waals surface area contributed by atoms with Crippen LogP contribution in [0.15, 0.2) is 47.4 Å². The van der Waals surface area contributed by atoms with Crippen molar-refractivity contribution in [2.75, 3.05) is 38.3 Å². The molecule has 0 aliphatic heterocycles. The van der Waals surface area contributed by atoms with Crippen molar-refractivity contribution in [3.8, 4) is 0 Å². The van der Waals surface area contributed by atoms with E-state index < -0.39 is 17.6 Å². The van der Waals surface area contributed by atoms with Crippen molar-refractivity contribution >= 4 is 56.8 Å². The van der Waals surface area contributed by atoms with Gasteiger partial charge in [-0.2, -0.15) is 13.2 Å². The summed E-state index contributed by atoms with van der Waals surface area (Å²) in [5.41, 5.74) is -0.0560. The Morgan fingerprint density at radius 3 is 2.47 bits per heavy atom. The molecule has 10 heteroatoms. The number of para-hydroxylation sites is 1. The van der Waals surface area contributed by atoms with Gasteiger partial charge in [0.15, 0.2) is 5.13 Å². The molecule has 0 fully saturated rings. The highest BCUT2D eigenvalue weighted by Crippen LogP contribution is 2.35. The molecule has 4 nitrogen and oxygen atoms in total. The average Bonchev–Trinajstić information content (AvgIpc) is 3.11. The molecule has 0 aliphatic carbocycles. The van der Waals surface area contributed by atoms with Crippen LogP contribution >= 0.6 is 35.5 Å². The largest absolute Gasteiger partial charge is 0.416 e. The zero-order valence-electron chi connectivity index (χ0n) is 16.6. The standard InChI is InChI=1S/C20H20F3N3OS2.ClH/c1-25(2)10-11-26(18(27)13-6-4-7-14(12-13)20(21,22)23)19-24-17-15(28-3)8-5-9-16(17)29-19;/h4-9,12H,10-11H2,1-3H3;1H. The van der Waals surface area contributed by atoms with Crippen LogP contribution in [0.4, 0.5) is 18.3 Å². The lowest BCUT2D eigenvalue weighted by Gasteiger charge is -2.22. The first-order valence-corrected chi connectivity index (χ1v) is 10.8. The Hall–Kier alpha value is -1.81. The third-order valence-electron chi connectivity index (χ3n) is 4.27. The molecule has 1 amide bonds. The summed E-state index contributed by atoms with van der Waals surface area (Å²) in [4.78, 5) is 22.2. The number of carbonyl (C=O) groups excluding carboxylic acids is 1. The number of amides is 1. The molecule has 0 atom stereocenters. The lowest BCUT2D eigenvalue weighted by Crippen LogP contribution is -2.36. The van der Waals surface area contributed by atoms with Crippen LogP contribution in [0.5, 0.6) is 0 Å². The normalized spacial score (nSPS) is 11.6. The van der Waals surface area contributed by atoms with E-state index in [9.17, 15) is 18.0 Å². The van der Waals surface area contributed by atoms with Gasteiger partial charge in [0.05, 0.1) is 15.8 Å². The third-order valence-corrected chi connectivity index (χ3v) is 6.09. The fourth-order valence-corrected chi connectivity index (χ4v) is 4.41. The summed E-state index contributed by atoms with van der Waals surface area (Å²) < 4.78 is 40.2. The average molecular weight is 476 g/mol. The summed E-state index contributed by atoms with van der Waals surface area (Å²) in [6, 6.07) is 10.3. The van der Waals surface area contributed by atoms with Gasteiger partial charge >= 0.3 is 6.18 Å². The molecule has 0 N–H and O–H groups in total. The molecule has 0 spiro atoms. The van der Waals surface area contributed by atoms with Gasteiger partial charge in [-0.05, 0) is 50.7 Å². The van der Waals surface area contributed by atoms with Crippen LogP contribution in [0.3, 0.4) is 0 Å². The predicted molar refractivity (Wildman–Crippen MR) is 120 cm³/mol. The molecule has 2 aromatic carbocycles. The van der Waals surface area contributed by atoms with Crippen molar-refractivity contribution in [2.24, 2.45) is 0 Å². The molecule has 0 aliphatic rings. The number of carbonyl (C=O) groups is 1. The number of alkyl halides is 3. The van der Waals surface area contributed by atoms with Crippen molar-refractivity contribution in [3.05, 3.63) is 53.6 Å². The smallest absolute Gasteiger partial charge is 0.308 e. The molecule has 1 heterocycles. The Kier molecular flexibility index (Phi) is 8.15. The van der Waals surface area contributed by atoms with Crippen LogP contribution in [-0.2, 0) is 6.18 Å². The fourth-order valence-electron chi connectivity index (χ4n) is 2.76. The van der Waals surface area contributed by atoms with Crippen molar-refractivity contribution in [1.82, 2.24) is 9.88 Å². The number of anilines is 1. The van der Waals surface area contributed by atoms with Gasteiger partial charge in [-0.15, -0.1) is 24.2 Å². The first kappa shape index (κ1) is 24.5. The van der Waals surface area contributed by atoms with Crippen LogP contribution in [0.25, 0.3) is 10.2 Å². The van der Waals surface area contributed by atoms with E-state index in [1.165, 1.54) is 28.4 Å². The van der Waals surface area contributed by atoms with E-state index in [1.807, 2.05) is 43.5 Å². The van der Waals surface area contributed by atoms with Gasteiger partial charge in [0.2, 0.25) is 0 Å². The van der Waals surface area contributed by atoms with Gasteiger partial charge in [0.1, 0.15) is 0 Å². The van der Waals surface area contributed by atoms with Crippen LogP contribution in [-0.4, -0.2) is 49.2 Å². The topological polar surface area (TPSA) is 36.4 Å². The lowest BCUT2D eigenvalue weighted by atomic mass is 10.1. The number of nitrogens with zero attached hydrogens (tertiary/aromatic N) is 3. The summed E-state index contributed by atoms with van der Waals surface area (Å²) in [5.74, 6) is -0.497. The quantitative estimate of drug-likeness (QED) is 0.430. The highest BCUT2D eigenvalue weighted by atomic mass is 35.5. The second-order valence-corrected chi connectivity index (χ2v) is 8.50. The molecule has 162 valence electrons. The Morgan fingerprint density at radius 1 is 1.13 bits per heavy atom. The van der Waals surface area contributed by atoms with Crippen LogP contribution in [0.1, 0.15) is 15.9 Å². The number of fused-ring (bicyclic) bond motifs is 1. The maximum atomic E-state index is 13.2. The Bertz CT molecular complexity index is 1020. The SMILES string of the molecule is CSc1cccc2sc(N(CCN(C)C)C(=O)c3cccc(C(F)(F)F)c3)nc12.Cl. The third kappa shape index (κ3) is 5.46. The molecule has 3 aromatic rings. The van der Waals surface area contributed by atoms with Gasteiger partial charge in [-0.25, -0.2) is 4.98 Å². The highest BCUT2D eigenvalue weighted by molar-refractivity contribution is 7.98. The predicted octanol–water partition coefficient (Wildman–Crippen LogP) is 5.67. The maximum Gasteiger partial charge on any atom is 0.416 e. The van der Waals surface area contributed by atoms with Crippen LogP contribution < -0.4 is 4.90 Å². The number of thiazole rings is 1. The molecule has 30 heavy (non-hydrogen) atoms. The summed E-state index contributed by atoms with van der Waals surface area (Å²) in [6.45, 7) is 0.868. The van der Waals surface area contributed by atoms with Gasteiger partial charge < -0.3 is 4.90 Å². The Labute approximate surface area is 187 Å². The maximum absolute atomic E-state index is 13.2. The van der Waals surface area contributed by atoms with E-state index in [0.29, 0.717) is 18.2 Å². The molecule has 0 radical (unpaired) electrons. The van der Waals surface area contributed by atoms with E-state index in [1.54, 1.807) is 11.8 Å². The minimum absolute atomic E-state index is 0. The Balaban J connectivity index is 0.00000320. The molecule has 0 unspecified atom stereocenters. The first-order valence-electron chi connectivity index (χ1n) is 8.78. The number of thioether (sulfide) groups is 1. The zero-order valence-corrected chi connectivity index (χ0v) is 19.0. The lowest BCUT2D eigenvalue weighted by molar-refractivity contribution is -0.137. The molecular weight excluding hydrogens is 455 g/mol. The molecule has 0 saturated heterocycles. The van der Waals surface area contributed by atoms with E-state index in [4.69, 9.17) is 0 Å². The van der Waals surface area contributed by atoms with Crippen LogP contribution in [0, 0.1) is 0 Å². The number of halogens is 4. The summed E-state index contributed by atoms with van der Waals surface area (Å²) in [6.07, 6.45) is -2.56. The molecule has 0 saturated carbocycles. The molecule has 3 rings (SSSR count). The minimum Gasteiger partial charge on any atom is -0.308 e. The highest BCUT2D eigenvalue weighted by Gasteiger charge is 2.32. The Morgan fingerprint density at radius 2 is 1.83 bits per heavy atom. The molecular formula is C20H21ClF3N3OS2.